The molecular weight excluding hydrogens is 302 g/mol. The Kier molecular flexibility index (Phi) is 4.71. The number of amides is 1. The molecule has 2 rings (SSSR count). The molecule has 22 heavy (non-hydrogen) atoms. The maximum atomic E-state index is 12.7. The number of halogens is 1. The van der Waals surface area contributed by atoms with Crippen LogP contribution in [0.25, 0.3) is 6.08 Å². The first kappa shape index (κ1) is 16.3. The van der Waals surface area contributed by atoms with Gasteiger partial charge in [0.2, 0.25) is 0 Å². The molecule has 1 aromatic carbocycles. The minimum atomic E-state index is -0.512. The zero-order chi connectivity index (χ0) is 16.4. The summed E-state index contributed by atoms with van der Waals surface area (Å²) < 4.78 is 4.83. The van der Waals surface area contributed by atoms with Crippen LogP contribution in [0.5, 0.6) is 0 Å². The van der Waals surface area contributed by atoms with Crippen molar-refractivity contribution in [3.05, 3.63) is 51.7 Å². The van der Waals surface area contributed by atoms with Crippen molar-refractivity contribution >= 4 is 29.6 Å². The van der Waals surface area contributed by atoms with Gasteiger partial charge in [-0.25, -0.2) is 4.79 Å². The Morgan fingerprint density at radius 1 is 1.36 bits per heavy atom. The minimum absolute atomic E-state index is 0.0441. The molecule has 0 saturated heterocycles. The summed E-state index contributed by atoms with van der Waals surface area (Å²) in [6.07, 6.45) is 1.67. The third kappa shape index (κ3) is 2.92. The van der Waals surface area contributed by atoms with Crippen LogP contribution in [-0.4, -0.2) is 29.9 Å². The van der Waals surface area contributed by atoms with Crippen LogP contribution in [0.15, 0.2) is 41.1 Å². The van der Waals surface area contributed by atoms with Crippen molar-refractivity contribution in [3.63, 3.8) is 0 Å². The van der Waals surface area contributed by atoms with Crippen LogP contribution in [0.2, 0.25) is 5.02 Å². The van der Waals surface area contributed by atoms with Crippen LogP contribution in [0.4, 0.5) is 0 Å². The number of carbonyl (C=O) groups excluding carboxylic acids is 2. The van der Waals surface area contributed by atoms with Crippen molar-refractivity contribution in [3.8, 4) is 0 Å². The molecule has 4 nitrogen and oxygen atoms in total. The number of ether oxygens (including phenoxy) is 1. The van der Waals surface area contributed by atoms with Crippen molar-refractivity contribution < 1.29 is 14.3 Å². The third-order valence-electron chi connectivity index (χ3n) is 3.51. The number of nitrogens with zero attached hydrogens (tertiary/aromatic N) is 1. The number of hydrogen-bond acceptors (Lipinski definition) is 3. The first-order chi connectivity index (χ1) is 10.4. The molecule has 0 bridgehead atoms. The molecule has 5 heteroatoms. The predicted octanol–water partition coefficient (Wildman–Crippen LogP) is 3.42. The van der Waals surface area contributed by atoms with Crippen molar-refractivity contribution in [1.29, 1.82) is 0 Å². The van der Waals surface area contributed by atoms with Gasteiger partial charge in [0.15, 0.2) is 0 Å². The molecule has 1 heterocycles. The summed E-state index contributed by atoms with van der Waals surface area (Å²) in [6.45, 7) is 5.56. The van der Waals surface area contributed by atoms with Gasteiger partial charge in [0.25, 0.3) is 5.91 Å². The molecule has 0 unspecified atom stereocenters. The van der Waals surface area contributed by atoms with Gasteiger partial charge in [0.1, 0.15) is 0 Å². The molecule has 1 aromatic rings. The summed E-state index contributed by atoms with van der Waals surface area (Å²) >= 11 is 5.97. The Hall–Kier alpha value is -2.07. The van der Waals surface area contributed by atoms with Crippen LogP contribution in [0.1, 0.15) is 26.3 Å². The fourth-order valence-electron chi connectivity index (χ4n) is 2.58. The molecule has 116 valence electrons. The Morgan fingerprint density at radius 2 is 2.05 bits per heavy atom. The van der Waals surface area contributed by atoms with Crippen molar-refractivity contribution in [2.24, 2.45) is 0 Å². The Bertz CT molecular complexity index is 689. The quantitative estimate of drug-likeness (QED) is 0.633. The van der Waals surface area contributed by atoms with E-state index in [1.807, 2.05) is 19.9 Å². The van der Waals surface area contributed by atoms with Gasteiger partial charge in [0, 0.05) is 16.8 Å². The van der Waals surface area contributed by atoms with Gasteiger partial charge in [-0.05, 0) is 44.5 Å². The Morgan fingerprint density at radius 3 is 2.59 bits per heavy atom. The lowest BCUT2D eigenvalue weighted by Gasteiger charge is -2.22. The van der Waals surface area contributed by atoms with Gasteiger partial charge in [-0.2, -0.15) is 0 Å². The molecule has 0 aromatic heterocycles. The van der Waals surface area contributed by atoms with Gasteiger partial charge < -0.3 is 9.64 Å². The minimum Gasteiger partial charge on any atom is -0.465 e. The van der Waals surface area contributed by atoms with Gasteiger partial charge in [-0.1, -0.05) is 23.7 Å². The van der Waals surface area contributed by atoms with Crippen molar-refractivity contribution in [1.82, 2.24) is 4.90 Å². The zero-order valence-electron chi connectivity index (χ0n) is 13.0. The second-order valence-corrected chi connectivity index (χ2v) is 5.77. The third-order valence-corrected chi connectivity index (χ3v) is 3.74. The Balaban J connectivity index is 2.57. The molecule has 1 aliphatic heterocycles. The average Bonchev–Trinajstić information content (AvgIpc) is 2.69. The lowest BCUT2D eigenvalue weighted by atomic mass is 10.0. The van der Waals surface area contributed by atoms with Crippen molar-refractivity contribution in [2.75, 3.05) is 7.11 Å². The molecule has 0 N–H and O–H groups in total. The number of benzene rings is 1. The van der Waals surface area contributed by atoms with Gasteiger partial charge in [-0.3, -0.25) is 4.79 Å². The van der Waals surface area contributed by atoms with E-state index < -0.39 is 5.97 Å². The maximum Gasteiger partial charge on any atom is 0.340 e. The van der Waals surface area contributed by atoms with Crippen molar-refractivity contribution in [2.45, 2.75) is 26.8 Å². The molecule has 0 fully saturated rings. The number of allylic oxidation sites excluding steroid dienone is 1. The number of esters is 1. The van der Waals surface area contributed by atoms with Crippen LogP contribution in [-0.2, 0) is 14.3 Å². The highest BCUT2D eigenvalue weighted by Crippen LogP contribution is 2.33. The van der Waals surface area contributed by atoms with E-state index in [0.29, 0.717) is 21.9 Å². The second kappa shape index (κ2) is 6.36. The monoisotopic (exact) mass is 319 g/mol. The standard InChI is InChI=1S/C17H18ClNO3/c1-10(2)19-11(3)15(17(21)22-4)14(16(19)20)9-12-6-5-7-13(18)8-12/h5-10H,1-4H3. The summed E-state index contributed by atoms with van der Waals surface area (Å²) in [6, 6.07) is 7.07. The summed E-state index contributed by atoms with van der Waals surface area (Å²) in [5.74, 6) is -0.713. The lowest BCUT2D eigenvalue weighted by molar-refractivity contribution is -0.136. The summed E-state index contributed by atoms with van der Waals surface area (Å²) in [4.78, 5) is 26.3. The summed E-state index contributed by atoms with van der Waals surface area (Å²) in [5.41, 5.74) is 2.01. The highest BCUT2D eigenvalue weighted by Gasteiger charge is 2.38. The topological polar surface area (TPSA) is 46.6 Å². The van der Waals surface area contributed by atoms with E-state index in [2.05, 4.69) is 0 Å². The molecule has 0 atom stereocenters. The van der Waals surface area contributed by atoms with E-state index in [4.69, 9.17) is 16.3 Å². The number of carbonyl (C=O) groups is 2. The largest absolute Gasteiger partial charge is 0.465 e. The molecule has 0 spiro atoms. The summed E-state index contributed by atoms with van der Waals surface area (Å²) in [5, 5.41) is 0.570. The maximum absolute atomic E-state index is 12.7. The van der Waals surface area contributed by atoms with Gasteiger partial charge in [0.05, 0.1) is 18.3 Å². The first-order valence-electron chi connectivity index (χ1n) is 6.97. The van der Waals surface area contributed by atoms with E-state index in [9.17, 15) is 9.59 Å². The normalized spacial score (nSPS) is 16.9. The first-order valence-corrected chi connectivity index (χ1v) is 7.35. The highest BCUT2D eigenvalue weighted by atomic mass is 35.5. The Labute approximate surface area is 135 Å². The number of methoxy groups -OCH3 is 1. The highest BCUT2D eigenvalue weighted by molar-refractivity contribution is 6.30. The number of rotatable bonds is 3. The van der Waals surface area contributed by atoms with E-state index in [0.717, 1.165) is 5.56 Å². The van der Waals surface area contributed by atoms with Crippen LogP contribution < -0.4 is 0 Å². The SMILES string of the molecule is COC(=O)C1=C(C)N(C(C)C)C(=O)C1=Cc1cccc(Cl)c1. The molecule has 1 amide bonds. The fraction of sp³-hybridized carbons (Fsp3) is 0.294. The van der Waals surface area contributed by atoms with E-state index >= 15 is 0 Å². The van der Waals surface area contributed by atoms with E-state index in [1.165, 1.54) is 7.11 Å². The van der Waals surface area contributed by atoms with Gasteiger partial charge >= 0.3 is 5.97 Å². The molecule has 0 saturated carbocycles. The lowest BCUT2D eigenvalue weighted by Crippen LogP contribution is -2.31. The van der Waals surface area contributed by atoms with Gasteiger partial charge in [-0.15, -0.1) is 0 Å². The van der Waals surface area contributed by atoms with Crippen LogP contribution in [0.3, 0.4) is 0 Å². The molecule has 0 radical (unpaired) electrons. The molecular formula is C17H18ClNO3. The molecule has 0 aliphatic carbocycles. The van der Waals surface area contributed by atoms with Crippen LogP contribution in [0, 0.1) is 0 Å². The second-order valence-electron chi connectivity index (χ2n) is 5.33. The fourth-order valence-corrected chi connectivity index (χ4v) is 2.78. The van der Waals surface area contributed by atoms with Crippen LogP contribution >= 0.6 is 11.6 Å². The molecule has 1 aliphatic rings. The predicted molar refractivity (Wildman–Crippen MR) is 86.1 cm³/mol. The summed E-state index contributed by atoms with van der Waals surface area (Å²) in [7, 11) is 1.31. The van der Waals surface area contributed by atoms with E-state index in [1.54, 1.807) is 36.1 Å². The smallest absolute Gasteiger partial charge is 0.340 e. The zero-order valence-corrected chi connectivity index (χ0v) is 13.8. The van der Waals surface area contributed by atoms with E-state index in [-0.39, 0.29) is 11.9 Å². The average molecular weight is 320 g/mol. The number of hydrogen-bond donors (Lipinski definition) is 0.